The van der Waals surface area contributed by atoms with Crippen LogP contribution in [0.25, 0.3) is 0 Å². The standard InChI is InChI=1S/C7H14N2OS/c1-11-7(2-3-7)5-9-6(10)4-8/h2-5,8H2,1H3,(H,9,10). The molecule has 0 aromatic heterocycles. The molecule has 0 unspecified atom stereocenters. The van der Waals surface area contributed by atoms with E-state index in [-0.39, 0.29) is 12.5 Å². The SMILES string of the molecule is CSC1(CNC(=O)CN)CC1. The monoisotopic (exact) mass is 174 g/mol. The Labute approximate surface area is 71.1 Å². The Morgan fingerprint density at radius 2 is 2.36 bits per heavy atom. The van der Waals surface area contributed by atoms with Gasteiger partial charge < -0.3 is 11.1 Å². The Morgan fingerprint density at radius 1 is 1.73 bits per heavy atom. The highest BCUT2D eigenvalue weighted by atomic mass is 32.2. The Morgan fingerprint density at radius 3 is 2.73 bits per heavy atom. The quantitative estimate of drug-likeness (QED) is 0.628. The first-order valence-corrected chi connectivity index (χ1v) is 4.97. The second-order valence-electron chi connectivity index (χ2n) is 2.87. The third-order valence-corrected chi connectivity index (χ3v) is 3.45. The van der Waals surface area contributed by atoms with E-state index in [1.54, 1.807) is 0 Å². The summed E-state index contributed by atoms with van der Waals surface area (Å²) >= 11 is 1.84. The van der Waals surface area contributed by atoms with Crippen molar-refractivity contribution in [1.82, 2.24) is 5.32 Å². The van der Waals surface area contributed by atoms with Gasteiger partial charge in [-0.3, -0.25) is 4.79 Å². The lowest BCUT2D eigenvalue weighted by Crippen LogP contribution is -2.35. The molecule has 0 atom stereocenters. The molecule has 11 heavy (non-hydrogen) atoms. The van der Waals surface area contributed by atoms with E-state index in [1.165, 1.54) is 12.8 Å². The summed E-state index contributed by atoms with van der Waals surface area (Å²) in [5.74, 6) is -0.0506. The van der Waals surface area contributed by atoms with Gasteiger partial charge in [-0.1, -0.05) is 0 Å². The average Bonchev–Trinajstić information content (AvgIpc) is 2.81. The molecule has 4 heteroatoms. The van der Waals surface area contributed by atoms with Crippen LogP contribution < -0.4 is 11.1 Å². The minimum absolute atomic E-state index is 0.0506. The number of carbonyl (C=O) groups is 1. The molecule has 0 aliphatic heterocycles. The molecule has 0 radical (unpaired) electrons. The van der Waals surface area contributed by atoms with E-state index in [4.69, 9.17) is 5.73 Å². The fourth-order valence-corrected chi connectivity index (χ4v) is 1.65. The van der Waals surface area contributed by atoms with E-state index in [0.717, 1.165) is 6.54 Å². The van der Waals surface area contributed by atoms with E-state index < -0.39 is 0 Å². The van der Waals surface area contributed by atoms with Crippen molar-refractivity contribution in [3.63, 3.8) is 0 Å². The molecule has 0 aromatic rings. The third-order valence-electron chi connectivity index (χ3n) is 2.03. The molecule has 3 N–H and O–H groups in total. The Hall–Kier alpha value is -0.220. The van der Waals surface area contributed by atoms with Crippen LogP contribution in [0.3, 0.4) is 0 Å². The lowest BCUT2D eigenvalue weighted by atomic mass is 10.4. The number of amides is 1. The highest BCUT2D eigenvalue weighted by Gasteiger charge is 2.41. The summed E-state index contributed by atoms with van der Waals surface area (Å²) in [6, 6.07) is 0. The molecule has 1 fully saturated rings. The number of hydrogen-bond donors (Lipinski definition) is 2. The normalized spacial score (nSPS) is 19.5. The second-order valence-corrected chi connectivity index (χ2v) is 4.14. The maximum Gasteiger partial charge on any atom is 0.233 e. The molecule has 1 aliphatic rings. The predicted molar refractivity (Wildman–Crippen MR) is 47.5 cm³/mol. The predicted octanol–water partition coefficient (Wildman–Crippen LogP) is -0.0431. The first kappa shape index (κ1) is 8.87. The van der Waals surface area contributed by atoms with Crippen molar-refractivity contribution >= 4 is 17.7 Å². The third kappa shape index (κ3) is 2.38. The van der Waals surface area contributed by atoms with E-state index in [9.17, 15) is 4.79 Å². The topological polar surface area (TPSA) is 55.1 Å². The highest BCUT2D eigenvalue weighted by Crippen LogP contribution is 2.46. The van der Waals surface area contributed by atoms with Crippen LogP contribution in [0.5, 0.6) is 0 Å². The van der Waals surface area contributed by atoms with Gasteiger partial charge in [0.15, 0.2) is 0 Å². The molecule has 3 nitrogen and oxygen atoms in total. The van der Waals surface area contributed by atoms with Gasteiger partial charge in [0, 0.05) is 11.3 Å². The number of hydrogen-bond acceptors (Lipinski definition) is 3. The fraction of sp³-hybridized carbons (Fsp3) is 0.857. The van der Waals surface area contributed by atoms with Gasteiger partial charge >= 0.3 is 0 Å². The minimum atomic E-state index is -0.0506. The zero-order valence-electron chi connectivity index (χ0n) is 6.72. The lowest BCUT2D eigenvalue weighted by molar-refractivity contribution is -0.119. The van der Waals surface area contributed by atoms with Crippen molar-refractivity contribution in [2.45, 2.75) is 17.6 Å². The Kier molecular flexibility index (Phi) is 2.78. The van der Waals surface area contributed by atoms with Gasteiger partial charge in [-0.15, -0.1) is 0 Å². The first-order chi connectivity index (χ1) is 5.22. The highest BCUT2D eigenvalue weighted by molar-refractivity contribution is 8.00. The molecule has 64 valence electrons. The van der Waals surface area contributed by atoms with Crippen LogP contribution in [0.15, 0.2) is 0 Å². The van der Waals surface area contributed by atoms with Crippen LogP contribution in [0.2, 0.25) is 0 Å². The van der Waals surface area contributed by atoms with Gasteiger partial charge in [-0.25, -0.2) is 0 Å². The summed E-state index contributed by atoms with van der Waals surface area (Å²) in [6.07, 6.45) is 4.53. The van der Waals surface area contributed by atoms with Gasteiger partial charge in [0.2, 0.25) is 5.91 Å². The summed E-state index contributed by atoms with van der Waals surface area (Å²) in [6.45, 7) is 0.884. The van der Waals surface area contributed by atoms with Crippen LogP contribution in [0, 0.1) is 0 Å². The van der Waals surface area contributed by atoms with Gasteiger partial charge in [0.1, 0.15) is 0 Å². The maximum atomic E-state index is 10.8. The van der Waals surface area contributed by atoms with Gasteiger partial charge in [0.05, 0.1) is 6.54 Å². The summed E-state index contributed by atoms with van der Waals surface area (Å²) in [5, 5.41) is 2.80. The molecule has 0 aromatic carbocycles. The summed E-state index contributed by atoms with van der Waals surface area (Å²) in [4.78, 5) is 10.8. The molecule has 0 heterocycles. The largest absolute Gasteiger partial charge is 0.354 e. The van der Waals surface area contributed by atoms with E-state index in [1.807, 2.05) is 11.8 Å². The molecule has 1 rings (SSSR count). The van der Waals surface area contributed by atoms with Gasteiger partial charge in [-0.05, 0) is 19.1 Å². The summed E-state index contributed by atoms with van der Waals surface area (Å²) in [7, 11) is 0. The number of nitrogens with two attached hydrogens (primary N) is 1. The van der Waals surface area contributed by atoms with Crippen LogP contribution in [0.1, 0.15) is 12.8 Å². The fourth-order valence-electron chi connectivity index (χ4n) is 0.924. The summed E-state index contributed by atoms with van der Waals surface area (Å²) in [5.41, 5.74) is 5.14. The zero-order chi connectivity index (χ0) is 8.32. The molecule has 0 bridgehead atoms. The Bertz CT molecular complexity index is 157. The zero-order valence-corrected chi connectivity index (χ0v) is 7.54. The molecule has 1 aliphatic carbocycles. The summed E-state index contributed by atoms with van der Waals surface area (Å²) < 4.78 is 0.352. The number of rotatable bonds is 4. The lowest BCUT2D eigenvalue weighted by Gasteiger charge is -2.11. The van der Waals surface area contributed by atoms with Crippen molar-refractivity contribution in [1.29, 1.82) is 0 Å². The van der Waals surface area contributed by atoms with Crippen LogP contribution in [-0.4, -0.2) is 30.0 Å². The van der Waals surface area contributed by atoms with E-state index in [2.05, 4.69) is 11.6 Å². The number of thioether (sulfide) groups is 1. The van der Waals surface area contributed by atoms with Gasteiger partial charge in [-0.2, -0.15) is 11.8 Å². The molecular weight excluding hydrogens is 160 g/mol. The van der Waals surface area contributed by atoms with E-state index in [0.29, 0.717) is 4.75 Å². The van der Waals surface area contributed by atoms with Crippen LogP contribution in [0.4, 0.5) is 0 Å². The minimum Gasteiger partial charge on any atom is -0.354 e. The number of carbonyl (C=O) groups excluding carboxylic acids is 1. The van der Waals surface area contributed by atoms with Crippen molar-refractivity contribution in [2.24, 2.45) is 5.73 Å². The molecule has 0 spiro atoms. The average molecular weight is 174 g/mol. The molecule has 0 saturated heterocycles. The van der Waals surface area contributed by atoms with E-state index >= 15 is 0 Å². The van der Waals surface area contributed by atoms with Crippen molar-refractivity contribution in [3.05, 3.63) is 0 Å². The molecule has 1 saturated carbocycles. The number of nitrogens with one attached hydrogen (secondary N) is 1. The van der Waals surface area contributed by atoms with Gasteiger partial charge in [0.25, 0.3) is 0 Å². The molecular formula is C7H14N2OS. The van der Waals surface area contributed by atoms with Crippen LogP contribution >= 0.6 is 11.8 Å². The maximum absolute atomic E-state index is 10.8. The Balaban J connectivity index is 2.16. The smallest absolute Gasteiger partial charge is 0.233 e. The van der Waals surface area contributed by atoms with Crippen molar-refractivity contribution in [2.75, 3.05) is 19.3 Å². The van der Waals surface area contributed by atoms with Crippen LogP contribution in [-0.2, 0) is 4.79 Å². The molecule has 1 amide bonds. The first-order valence-electron chi connectivity index (χ1n) is 3.74. The second kappa shape index (κ2) is 3.45. The van der Waals surface area contributed by atoms with Crippen molar-refractivity contribution < 1.29 is 4.79 Å². The van der Waals surface area contributed by atoms with Crippen molar-refractivity contribution in [3.8, 4) is 0 Å².